The molecule has 106 valence electrons. The minimum absolute atomic E-state index is 0.0743. The number of carbonyl (C=O) groups is 1. The SMILES string of the molecule is CN(CCc1cccs1)C(=O)c1cccc(N(C)C)c1. The fraction of sp³-hybridized carbons (Fsp3) is 0.312. The second kappa shape index (κ2) is 6.57. The van der Waals surface area contributed by atoms with E-state index in [-0.39, 0.29) is 5.91 Å². The molecule has 0 aliphatic rings. The van der Waals surface area contributed by atoms with Crippen molar-refractivity contribution in [2.24, 2.45) is 0 Å². The van der Waals surface area contributed by atoms with Crippen LogP contribution in [0.4, 0.5) is 5.69 Å². The number of carbonyl (C=O) groups excluding carboxylic acids is 1. The molecule has 0 bridgehead atoms. The quantitative estimate of drug-likeness (QED) is 0.844. The number of benzene rings is 1. The molecule has 20 heavy (non-hydrogen) atoms. The highest BCUT2D eigenvalue weighted by Crippen LogP contribution is 2.15. The first-order chi connectivity index (χ1) is 9.58. The minimum atomic E-state index is 0.0743. The lowest BCUT2D eigenvalue weighted by atomic mass is 10.1. The van der Waals surface area contributed by atoms with Crippen LogP contribution in [0.3, 0.4) is 0 Å². The van der Waals surface area contributed by atoms with E-state index in [1.54, 1.807) is 16.2 Å². The summed E-state index contributed by atoms with van der Waals surface area (Å²) in [5.74, 6) is 0.0743. The van der Waals surface area contributed by atoms with Crippen molar-refractivity contribution in [2.45, 2.75) is 6.42 Å². The van der Waals surface area contributed by atoms with Crippen LogP contribution in [0, 0.1) is 0 Å². The molecular weight excluding hydrogens is 268 g/mol. The van der Waals surface area contributed by atoms with Crippen molar-refractivity contribution in [3.05, 3.63) is 52.2 Å². The highest BCUT2D eigenvalue weighted by atomic mass is 32.1. The number of rotatable bonds is 5. The number of amides is 1. The van der Waals surface area contributed by atoms with Crippen LogP contribution in [-0.2, 0) is 6.42 Å². The van der Waals surface area contributed by atoms with Crippen molar-refractivity contribution in [1.82, 2.24) is 4.90 Å². The van der Waals surface area contributed by atoms with Crippen LogP contribution in [0.25, 0.3) is 0 Å². The predicted octanol–water partition coefficient (Wildman–Crippen LogP) is 3.13. The summed E-state index contributed by atoms with van der Waals surface area (Å²) in [5, 5.41) is 2.07. The van der Waals surface area contributed by atoms with E-state index < -0.39 is 0 Å². The molecule has 0 fully saturated rings. The maximum absolute atomic E-state index is 12.4. The van der Waals surface area contributed by atoms with Gasteiger partial charge in [0.15, 0.2) is 0 Å². The molecule has 0 saturated carbocycles. The van der Waals surface area contributed by atoms with Gasteiger partial charge in [0.25, 0.3) is 5.91 Å². The first-order valence-corrected chi connectivity index (χ1v) is 7.51. The summed E-state index contributed by atoms with van der Waals surface area (Å²) < 4.78 is 0. The van der Waals surface area contributed by atoms with E-state index in [9.17, 15) is 4.79 Å². The van der Waals surface area contributed by atoms with Crippen LogP contribution in [-0.4, -0.2) is 38.5 Å². The summed E-state index contributed by atoms with van der Waals surface area (Å²) in [7, 11) is 5.81. The average molecular weight is 288 g/mol. The lowest BCUT2D eigenvalue weighted by Crippen LogP contribution is -2.28. The molecule has 0 radical (unpaired) electrons. The Kier molecular flexibility index (Phi) is 4.79. The maximum atomic E-state index is 12.4. The van der Waals surface area contributed by atoms with Gasteiger partial charge in [-0.1, -0.05) is 12.1 Å². The number of likely N-dealkylation sites (N-methyl/N-ethyl adjacent to an activating group) is 1. The highest BCUT2D eigenvalue weighted by molar-refractivity contribution is 7.09. The molecule has 1 heterocycles. The van der Waals surface area contributed by atoms with Crippen LogP contribution in [0.5, 0.6) is 0 Å². The molecule has 0 spiro atoms. The second-order valence-corrected chi connectivity index (χ2v) is 6.03. The van der Waals surface area contributed by atoms with E-state index in [0.717, 1.165) is 24.2 Å². The lowest BCUT2D eigenvalue weighted by molar-refractivity contribution is 0.0797. The number of hydrogen-bond acceptors (Lipinski definition) is 3. The standard InChI is InChI=1S/C16H20N2OS/c1-17(2)14-7-4-6-13(12-14)16(19)18(3)10-9-15-8-5-11-20-15/h4-8,11-12H,9-10H2,1-3H3. The topological polar surface area (TPSA) is 23.6 Å². The maximum Gasteiger partial charge on any atom is 0.253 e. The van der Waals surface area contributed by atoms with Crippen LogP contribution in [0.2, 0.25) is 0 Å². The molecule has 0 aliphatic carbocycles. The van der Waals surface area contributed by atoms with Gasteiger partial charge in [0.1, 0.15) is 0 Å². The van der Waals surface area contributed by atoms with Gasteiger partial charge in [-0.15, -0.1) is 11.3 Å². The molecule has 0 N–H and O–H groups in total. The number of hydrogen-bond donors (Lipinski definition) is 0. The highest BCUT2D eigenvalue weighted by Gasteiger charge is 2.12. The Balaban J connectivity index is 2.01. The van der Waals surface area contributed by atoms with E-state index in [1.807, 2.05) is 56.4 Å². The Hall–Kier alpha value is -1.81. The van der Waals surface area contributed by atoms with Crippen LogP contribution in [0.15, 0.2) is 41.8 Å². The van der Waals surface area contributed by atoms with E-state index >= 15 is 0 Å². The van der Waals surface area contributed by atoms with Crippen LogP contribution < -0.4 is 4.90 Å². The third-order valence-electron chi connectivity index (χ3n) is 3.23. The number of anilines is 1. The fourth-order valence-corrected chi connectivity index (χ4v) is 2.67. The zero-order valence-corrected chi connectivity index (χ0v) is 13.0. The monoisotopic (exact) mass is 288 g/mol. The van der Waals surface area contributed by atoms with Crippen LogP contribution in [0.1, 0.15) is 15.2 Å². The van der Waals surface area contributed by atoms with E-state index in [4.69, 9.17) is 0 Å². The van der Waals surface area contributed by atoms with Gasteiger partial charge in [0.05, 0.1) is 0 Å². The molecule has 0 atom stereocenters. The normalized spacial score (nSPS) is 10.3. The Labute approximate surface area is 124 Å². The summed E-state index contributed by atoms with van der Waals surface area (Å²) in [6, 6.07) is 11.9. The van der Waals surface area contributed by atoms with Gasteiger partial charge in [-0.2, -0.15) is 0 Å². The largest absolute Gasteiger partial charge is 0.378 e. The second-order valence-electron chi connectivity index (χ2n) is 5.00. The molecule has 1 aromatic heterocycles. The summed E-state index contributed by atoms with van der Waals surface area (Å²) in [6.45, 7) is 0.742. The number of thiophene rings is 1. The van der Waals surface area contributed by atoms with Gasteiger partial charge in [-0.25, -0.2) is 0 Å². The van der Waals surface area contributed by atoms with Gasteiger partial charge < -0.3 is 9.80 Å². The molecule has 0 saturated heterocycles. The van der Waals surface area contributed by atoms with Crippen molar-refractivity contribution in [3.63, 3.8) is 0 Å². The van der Waals surface area contributed by atoms with E-state index in [1.165, 1.54) is 4.88 Å². The van der Waals surface area contributed by atoms with Crippen molar-refractivity contribution >= 4 is 22.9 Å². The van der Waals surface area contributed by atoms with Gasteiger partial charge in [0.2, 0.25) is 0 Å². The van der Waals surface area contributed by atoms with Crippen molar-refractivity contribution < 1.29 is 4.79 Å². The van der Waals surface area contributed by atoms with Gasteiger partial charge in [-0.3, -0.25) is 4.79 Å². The Bertz CT molecular complexity index is 564. The summed E-state index contributed by atoms with van der Waals surface area (Å²) in [5.41, 5.74) is 1.78. The smallest absolute Gasteiger partial charge is 0.253 e. The number of nitrogens with zero attached hydrogens (tertiary/aromatic N) is 2. The van der Waals surface area contributed by atoms with Gasteiger partial charge >= 0.3 is 0 Å². The van der Waals surface area contributed by atoms with E-state index in [2.05, 4.69) is 11.4 Å². The summed E-state index contributed by atoms with van der Waals surface area (Å²) in [6.07, 6.45) is 0.910. The third kappa shape index (κ3) is 3.61. The van der Waals surface area contributed by atoms with E-state index in [0.29, 0.717) is 0 Å². The Morgan fingerprint density at radius 3 is 2.60 bits per heavy atom. The van der Waals surface area contributed by atoms with Crippen molar-refractivity contribution in [2.75, 3.05) is 32.6 Å². The molecule has 0 unspecified atom stereocenters. The minimum Gasteiger partial charge on any atom is -0.378 e. The van der Waals surface area contributed by atoms with Crippen LogP contribution >= 0.6 is 11.3 Å². The van der Waals surface area contributed by atoms with Gasteiger partial charge in [0, 0.05) is 43.8 Å². The molecule has 3 nitrogen and oxygen atoms in total. The summed E-state index contributed by atoms with van der Waals surface area (Å²) >= 11 is 1.73. The first kappa shape index (κ1) is 14.6. The molecule has 2 aromatic rings. The van der Waals surface area contributed by atoms with Crippen molar-refractivity contribution in [1.29, 1.82) is 0 Å². The molecule has 1 amide bonds. The lowest BCUT2D eigenvalue weighted by Gasteiger charge is -2.18. The molecular formula is C16H20N2OS. The zero-order chi connectivity index (χ0) is 14.5. The third-order valence-corrected chi connectivity index (χ3v) is 4.17. The first-order valence-electron chi connectivity index (χ1n) is 6.63. The molecule has 0 aliphatic heterocycles. The average Bonchev–Trinajstić information content (AvgIpc) is 2.97. The predicted molar refractivity (Wildman–Crippen MR) is 85.8 cm³/mol. The van der Waals surface area contributed by atoms with Gasteiger partial charge in [-0.05, 0) is 36.1 Å². The zero-order valence-electron chi connectivity index (χ0n) is 12.2. The molecule has 1 aromatic carbocycles. The Morgan fingerprint density at radius 1 is 1.15 bits per heavy atom. The molecule has 4 heteroatoms. The Morgan fingerprint density at radius 2 is 1.95 bits per heavy atom. The summed E-state index contributed by atoms with van der Waals surface area (Å²) in [4.78, 5) is 17.5. The fourth-order valence-electron chi connectivity index (χ4n) is 1.97. The molecule has 2 rings (SSSR count). The van der Waals surface area contributed by atoms with Crippen molar-refractivity contribution in [3.8, 4) is 0 Å².